The normalized spacial score (nSPS) is 10.9. The highest BCUT2D eigenvalue weighted by atomic mass is 35.5. The fourth-order valence-corrected chi connectivity index (χ4v) is 3.55. The summed E-state index contributed by atoms with van der Waals surface area (Å²) < 4.78 is 1.94. The molecule has 29 heavy (non-hydrogen) atoms. The van der Waals surface area contributed by atoms with Crippen LogP contribution in [-0.4, -0.2) is 45.9 Å². The first kappa shape index (κ1) is 20.9. The number of nitrogens with zero attached hydrogens (tertiary/aromatic N) is 3. The molecule has 152 valence electrons. The molecule has 6 nitrogen and oxygen atoms in total. The Morgan fingerprint density at radius 2 is 1.76 bits per heavy atom. The lowest BCUT2D eigenvalue weighted by atomic mass is 10.2. The Balaban J connectivity index is 1.76. The van der Waals surface area contributed by atoms with Crippen LogP contribution in [0.4, 0.5) is 0 Å². The molecular weight excluding hydrogens is 388 g/mol. The number of nitrogens with one attached hydrogen (secondary N) is 1. The zero-order chi connectivity index (χ0) is 20.8. The first-order valence-corrected chi connectivity index (χ1v) is 10.2. The number of para-hydroxylation sites is 2. The molecule has 0 atom stereocenters. The van der Waals surface area contributed by atoms with Gasteiger partial charge in [0.05, 0.1) is 21.6 Å². The highest BCUT2D eigenvalue weighted by Crippen LogP contribution is 2.17. The first-order valence-electron chi connectivity index (χ1n) is 9.79. The van der Waals surface area contributed by atoms with Gasteiger partial charge in [-0.05, 0) is 38.1 Å². The number of fused-ring (bicyclic) bond motifs is 1. The number of likely N-dealkylation sites (N-methyl/N-ethyl adjacent to an activating group) is 1. The summed E-state index contributed by atoms with van der Waals surface area (Å²) in [5.74, 6) is 0.600. The average Bonchev–Trinajstić information content (AvgIpc) is 3.06. The number of hydrogen-bond donors (Lipinski definition) is 1. The van der Waals surface area contributed by atoms with Gasteiger partial charge in [-0.15, -0.1) is 0 Å². The molecule has 0 aliphatic carbocycles. The van der Waals surface area contributed by atoms with Crippen molar-refractivity contribution >= 4 is 34.4 Å². The minimum Gasteiger partial charge on any atom is -0.352 e. The molecule has 0 unspecified atom stereocenters. The maximum Gasteiger partial charge on any atom is 0.252 e. The van der Waals surface area contributed by atoms with Gasteiger partial charge >= 0.3 is 0 Å². The molecule has 1 heterocycles. The molecule has 0 fully saturated rings. The van der Waals surface area contributed by atoms with Gasteiger partial charge in [-0.3, -0.25) is 9.59 Å². The Hall–Kier alpha value is -2.86. The number of carbonyl (C=O) groups excluding carboxylic acids is 2. The summed E-state index contributed by atoms with van der Waals surface area (Å²) in [6, 6.07) is 14.7. The molecule has 1 aromatic heterocycles. The molecule has 0 aliphatic rings. The van der Waals surface area contributed by atoms with Gasteiger partial charge in [0.15, 0.2) is 0 Å². The number of halogens is 1. The van der Waals surface area contributed by atoms with Gasteiger partial charge < -0.3 is 14.8 Å². The molecule has 0 saturated heterocycles. The van der Waals surface area contributed by atoms with E-state index in [1.54, 1.807) is 29.2 Å². The molecule has 2 amide bonds. The Morgan fingerprint density at radius 3 is 2.48 bits per heavy atom. The third kappa shape index (κ3) is 4.77. The van der Waals surface area contributed by atoms with Gasteiger partial charge in [0.2, 0.25) is 5.91 Å². The summed E-state index contributed by atoms with van der Waals surface area (Å²) in [6.45, 7) is 5.91. The van der Waals surface area contributed by atoms with E-state index in [1.165, 1.54) is 0 Å². The molecule has 2 aromatic carbocycles. The van der Waals surface area contributed by atoms with Crippen molar-refractivity contribution in [2.45, 2.75) is 26.8 Å². The van der Waals surface area contributed by atoms with E-state index in [2.05, 4.69) is 10.3 Å². The van der Waals surface area contributed by atoms with Crippen molar-refractivity contribution in [2.24, 2.45) is 0 Å². The first-order chi connectivity index (χ1) is 14.0. The van der Waals surface area contributed by atoms with Crippen LogP contribution in [0.25, 0.3) is 11.0 Å². The topological polar surface area (TPSA) is 67.2 Å². The minimum absolute atomic E-state index is 0.0551. The van der Waals surface area contributed by atoms with Gasteiger partial charge in [0, 0.05) is 26.1 Å². The maximum absolute atomic E-state index is 12.7. The maximum atomic E-state index is 12.7. The van der Waals surface area contributed by atoms with Gasteiger partial charge in [-0.2, -0.15) is 0 Å². The Labute approximate surface area is 175 Å². The van der Waals surface area contributed by atoms with Crippen LogP contribution in [0.3, 0.4) is 0 Å². The lowest BCUT2D eigenvalue weighted by Gasteiger charge is -2.20. The summed E-state index contributed by atoms with van der Waals surface area (Å²) in [5.41, 5.74) is 2.20. The van der Waals surface area contributed by atoms with Gasteiger partial charge in [0.1, 0.15) is 12.4 Å². The Kier molecular flexibility index (Phi) is 6.88. The van der Waals surface area contributed by atoms with Crippen molar-refractivity contribution < 1.29 is 9.59 Å². The van der Waals surface area contributed by atoms with Crippen LogP contribution in [0, 0.1) is 0 Å². The van der Waals surface area contributed by atoms with Crippen molar-refractivity contribution in [2.75, 3.05) is 19.6 Å². The van der Waals surface area contributed by atoms with E-state index in [-0.39, 0.29) is 18.4 Å². The van der Waals surface area contributed by atoms with E-state index in [0.717, 1.165) is 16.9 Å². The van der Waals surface area contributed by atoms with Crippen LogP contribution in [0.2, 0.25) is 5.02 Å². The van der Waals surface area contributed by atoms with Gasteiger partial charge in [0.25, 0.3) is 5.91 Å². The Morgan fingerprint density at radius 1 is 1.07 bits per heavy atom. The van der Waals surface area contributed by atoms with Crippen LogP contribution in [-0.2, 0) is 17.8 Å². The number of rotatable bonds is 8. The number of hydrogen-bond acceptors (Lipinski definition) is 3. The second-order valence-corrected chi connectivity index (χ2v) is 7.06. The molecule has 0 aliphatic heterocycles. The molecule has 0 spiro atoms. The average molecular weight is 413 g/mol. The predicted octanol–water partition coefficient (Wildman–Crippen LogP) is 3.53. The lowest BCUT2D eigenvalue weighted by molar-refractivity contribution is -0.131. The van der Waals surface area contributed by atoms with E-state index in [1.807, 2.05) is 42.7 Å². The lowest BCUT2D eigenvalue weighted by Crippen LogP contribution is -2.34. The van der Waals surface area contributed by atoms with Crippen LogP contribution >= 0.6 is 11.6 Å². The fourth-order valence-electron chi connectivity index (χ4n) is 3.33. The van der Waals surface area contributed by atoms with Crippen molar-refractivity contribution in [3.8, 4) is 0 Å². The van der Waals surface area contributed by atoms with Crippen molar-refractivity contribution in [3.63, 3.8) is 0 Å². The van der Waals surface area contributed by atoms with E-state index < -0.39 is 0 Å². The monoisotopic (exact) mass is 412 g/mol. The molecule has 0 bridgehead atoms. The molecule has 1 N–H and O–H groups in total. The summed E-state index contributed by atoms with van der Waals surface area (Å²) in [5, 5.41) is 3.30. The molecule has 0 saturated carbocycles. The van der Waals surface area contributed by atoms with E-state index in [4.69, 9.17) is 11.6 Å². The van der Waals surface area contributed by atoms with E-state index in [9.17, 15) is 9.59 Å². The second-order valence-electron chi connectivity index (χ2n) is 6.65. The van der Waals surface area contributed by atoms with Crippen LogP contribution in [0.5, 0.6) is 0 Å². The number of aromatic nitrogens is 2. The third-order valence-electron chi connectivity index (χ3n) is 4.90. The predicted molar refractivity (Wildman–Crippen MR) is 115 cm³/mol. The fraction of sp³-hybridized carbons (Fsp3) is 0.318. The summed E-state index contributed by atoms with van der Waals surface area (Å²) in [6.07, 6.45) is 0.510. The largest absolute Gasteiger partial charge is 0.352 e. The number of imidazole rings is 1. The zero-order valence-electron chi connectivity index (χ0n) is 16.7. The summed E-state index contributed by atoms with van der Waals surface area (Å²) in [7, 11) is 0. The molecule has 0 radical (unpaired) electrons. The number of benzene rings is 2. The smallest absolute Gasteiger partial charge is 0.252 e. The Bertz CT molecular complexity index is 1010. The third-order valence-corrected chi connectivity index (χ3v) is 5.23. The van der Waals surface area contributed by atoms with Crippen LogP contribution in [0.15, 0.2) is 48.5 Å². The highest BCUT2D eigenvalue weighted by Gasteiger charge is 2.17. The van der Waals surface area contributed by atoms with E-state index >= 15 is 0 Å². The minimum atomic E-state index is -0.225. The molecule has 3 aromatic rings. The zero-order valence-corrected chi connectivity index (χ0v) is 17.4. The molecule has 3 rings (SSSR count). The van der Waals surface area contributed by atoms with Crippen molar-refractivity contribution in [1.29, 1.82) is 0 Å². The quantitative estimate of drug-likeness (QED) is 0.615. The second kappa shape index (κ2) is 9.56. The van der Waals surface area contributed by atoms with Crippen LogP contribution < -0.4 is 5.32 Å². The van der Waals surface area contributed by atoms with Crippen molar-refractivity contribution in [1.82, 2.24) is 19.8 Å². The van der Waals surface area contributed by atoms with E-state index in [0.29, 0.717) is 36.6 Å². The summed E-state index contributed by atoms with van der Waals surface area (Å²) >= 11 is 6.09. The van der Waals surface area contributed by atoms with Gasteiger partial charge in [-0.1, -0.05) is 35.9 Å². The van der Waals surface area contributed by atoms with Crippen molar-refractivity contribution in [3.05, 3.63) is 64.9 Å². The van der Waals surface area contributed by atoms with Crippen LogP contribution in [0.1, 0.15) is 30.0 Å². The number of amides is 2. The molecule has 7 heteroatoms. The molecular formula is C22H25ClN4O2. The standard InChI is InChI=1S/C22H25ClN4O2/c1-3-26(4-2)21(28)15-27-19-12-8-7-11-18(19)25-20(27)13-14-24-22(29)16-9-5-6-10-17(16)23/h5-12H,3-4,13-15H2,1-2H3,(H,24,29). The summed E-state index contributed by atoms with van der Waals surface area (Å²) in [4.78, 5) is 31.5. The number of carbonyl (C=O) groups is 2. The van der Waals surface area contributed by atoms with Gasteiger partial charge in [-0.25, -0.2) is 4.98 Å². The highest BCUT2D eigenvalue weighted by molar-refractivity contribution is 6.33. The SMILES string of the molecule is CCN(CC)C(=O)Cn1c(CCNC(=O)c2ccccc2Cl)nc2ccccc21.